The number of aromatic nitrogens is 2. The van der Waals surface area contributed by atoms with Gasteiger partial charge in [0.2, 0.25) is 0 Å². The Morgan fingerprint density at radius 2 is 2.17 bits per heavy atom. The van der Waals surface area contributed by atoms with Gasteiger partial charge in [0.05, 0.1) is 18.9 Å². The molecule has 0 aliphatic heterocycles. The van der Waals surface area contributed by atoms with Crippen LogP contribution >= 0.6 is 0 Å². The van der Waals surface area contributed by atoms with E-state index in [1.807, 2.05) is 13.0 Å². The first-order chi connectivity index (χ1) is 8.52. The van der Waals surface area contributed by atoms with Crippen molar-refractivity contribution in [2.75, 3.05) is 12.8 Å². The second-order valence-electron chi connectivity index (χ2n) is 4.11. The van der Waals surface area contributed by atoms with Crippen LogP contribution in [0.15, 0.2) is 24.7 Å². The Bertz CT molecular complexity index is 602. The minimum Gasteiger partial charge on any atom is -0.496 e. The average Bonchev–Trinajstić information content (AvgIpc) is 2.74. The van der Waals surface area contributed by atoms with Crippen LogP contribution in [0.2, 0.25) is 0 Å². The standard InChI is InChI=1S/C13H15N3O2/c1-8-4-10(16-6-12(14)15-7-16)5-11(9(2)17)13(8)18-3/h4-7H,14H2,1-3H3. The Balaban J connectivity index is 2.61. The minimum atomic E-state index is -0.0371. The molecular weight excluding hydrogens is 230 g/mol. The number of nitrogen functional groups attached to an aromatic ring is 1. The van der Waals surface area contributed by atoms with Gasteiger partial charge in [0.1, 0.15) is 17.9 Å². The summed E-state index contributed by atoms with van der Waals surface area (Å²) < 4.78 is 7.04. The summed E-state index contributed by atoms with van der Waals surface area (Å²) in [6, 6.07) is 3.70. The van der Waals surface area contributed by atoms with E-state index < -0.39 is 0 Å². The predicted molar refractivity (Wildman–Crippen MR) is 69.3 cm³/mol. The summed E-state index contributed by atoms with van der Waals surface area (Å²) in [4.78, 5) is 15.6. The quantitative estimate of drug-likeness (QED) is 0.839. The summed E-state index contributed by atoms with van der Waals surface area (Å²) in [7, 11) is 1.56. The zero-order chi connectivity index (χ0) is 13.3. The van der Waals surface area contributed by atoms with Gasteiger partial charge in [0.15, 0.2) is 5.78 Å². The van der Waals surface area contributed by atoms with Crippen molar-refractivity contribution >= 4 is 11.6 Å². The Morgan fingerprint density at radius 3 is 2.67 bits per heavy atom. The molecule has 2 rings (SSSR count). The van der Waals surface area contributed by atoms with Crippen LogP contribution in [0.1, 0.15) is 22.8 Å². The molecule has 5 heteroatoms. The molecule has 18 heavy (non-hydrogen) atoms. The van der Waals surface area contributed by atoms with E-state index in [4.69, 9.17) is 10.5 Å². The number of aryl methyl sites for hydroxylation is 1. The van der Waals surface area contributed by atoms with Gasteiger partial charge in [-0.15, -0.1) is 0 Å². The van der Waals surface area contributed by atoms with Gasteiger partial charge in [-0.1, -0.05) is 0 Å². The largest absolute Gasteiger partial charge is 0.496 e. The fourth-order valence-corrected chi connectivity index (χ4v) is 1.92. The maximum atomic E-state index is 11.6. The fraction of sp³-hybridized carbons (Fsp3) is 0.231. The van der Waals surface area contributed by atoms with Crippen molar-refractivity contribution in [3.63, 3.8) is 0 Å². The molecule has 0 spiro atoms. The van der Waals surface area contributed by atoms with Crippen LogP contribution in [0, 0.1) is 6.92 Å². The van der Waals surface area contributed by atoms with E-state index >= 15 is 0 Å². The van der Waals surface area contributed by atoms with E-state index in [1.165, 1.54) is 6.92 Å². The maximum absolute atomic E-state index is 11.6. The molecule has 1 heterocycles. The number of benzene rings is 1. The van der Waals surface area contributed by atoms with Crippen LogP contribution in [0.25, 0.3) is 5.69 Å². The molecular formula is C13H15N3O2. The highest BCUT2D eigenvalue weighted by molar-refractivity contribution is 5.97. The molecule has 0 amide bonds. The normalized spacial score (nSPS) is 10.4. The predicted octanol–water partition coefficient (Wildman–Crippen LogP) is 1.97. The number of ether oxygens (including phenoxy) is 1. The van der Waals surface area contributed by atoms with Gasteiger partial charge >= 0.3 is 0 Å². The number of carbonyl (C=O) groups excluding carboxylic acids is 1. The Morgan fingerprint density at radius 1 is 1.44 bits per heavy atom. The van der Waals surface area contributed by atoms with Crippen molar-refractivity contribution in [2.45, 2.75) is 13.8 Å². The topological polar surface area (TPSA) is 70.1 Å². The SMILES string of the molecule is COc1c(C)cc(-n2cnc(N)c2)cc1C(C)=O. The van der Waals surface area contributed by atoms with Crippen LogP contribution in [-0.4, -0.2) is 22.4 Å². The summed E-state index contributed by atoms with van der Waals surface area (Å²) in [5, 5.41) is 0. The van der Waals surface area contributed by atoms with Gasteiger partial charge in [-0.2, -0.15) is 0 Å². The highest BCUT2D eigenvalue weighted by atomic mass is 16.5. The maximum Gasteiger partial charge on any atom is 0.163 e. The van der Waals surface area contributed by atoms with Crippen molar-refractivity contribution in [3.05, 3.63) is 35.8 Å². The number of hydrogen-bond acceptors (Lipinski definition) is 4. The fourth-order valence-electron chi connectivity index (χ4n) is 1.92. The lowest BCUT2D eigenvalue weighted by Crippen LogP contribution is -2.02. The van der Waals surface area contributed by atoms with Gasteiger partial charge in [-0.25, -0.2) is 4.98 Å². The number of ketones is 1. The molecule has 0 bridgehead atoms. The lowest BCUT2D eigenvalue weighted by Gasteiger charge is -2.12. The highest BCUT2D eigenvalue weighted by Crippen LogP contribution is 2.27. The van der Waals surface area contributed by atoms with Crippen LogP contribution in [0.4, 0.5) is 5.82 Å². The van der Waals surface area contributed by atoms with Crippen LogP contribution < -0.4 is 10.5 Å². The molecule has 0 saturated carbocycles. The van der Waals surface area contributed by atoms with Crippen molar-refractivity contribution in [3.8, 4) is 11.4 Å². The minimum absolute atomic E-state index is 0.0371. The number of carbonyl (C=O) groups is 1. The Kier molecular flexibility index (Phi) is 3.06. The summed E-state index contributed by atoms with van der Waals surface area (Å²) in [6.45, 7) is 3.42. The van der Waals surface area contributed by atoms with Gasteiger partial charge in [0.25, 0.3) is 0 Å². The Labute approximate surface area is 105 Å². The molecule has 2 N–H and O–H groups in total. The third kappa shape index (κ3) is 2.07. The number of nitrogens with two attached hydrogens (primary N) is 1. The summed E-state index contributed by atoms with van der Waals surface area (Å²) in [5.41, 5.74) is 7.87. The molecule has 0 saturated heterocycles. The third-order valence-electron chi connectivity index (χ3n) is 2.74. The summed E-state index contributed by atoms with van der Waals surface area (Å²) in [6.07, 6.45) is 3.31. The van der Waals surface area contributed by atoms with Gasteiger partial charge in [-0.05, 0) is 31.5 Å². The monoisotopic (exact) mass is 245 g/mol. The molecule has 0 aliphatic carbocycles. The van der Waals surface area contributed by atoms with Crippen molar-refractivity contribution in [2.24, 2.45) is 0 Å². The molecule has 1 aromatic heterocycles. The summed E-state index contributed by atoms with van der Waals surface area (Å²) >= 11 is 0. The van der Waals surface area contributed by atoms with Crippen LogP contribution in [0.5, 0.6) is 5.75 Å². The number of nitrogens with zero attached hydrogens (tertiary/aromatic N) is 2. The molecule has 0 unspecified atom stereocenters. The van der Waals surface area contributed by atoms with Crippen LogP contribution in [-0.2, 0) is 0 Å². The van der Waals surface area contributed by atoms with Gasteiger partial charge in [-0.3, -0.25) is 4.79 Å². The van der Waals surface area contributed by atoms with E-state index in [-0.39, 0.29) is 5.78 Å². The second-order valence-corrected chi connectivity index (χ2v) is 4.11. The number of hydrogen-bond donors (Lipinski definition) is 1. The Hall–Kier alpha value is -2.30. The number of methoxy groups -OCH3 is 1. The van der Waals surface area contributed by atoms with E-state index in [9.17, 15) is 4.79 Å². The zero-order valence-corrected chi connectivity index (χ0v) is 10.6. The third-order valence-corrected chi connectivity index (χ3v) is 2.74. The lowest BCUT2D eigenvalue weighted by molar-refractivity contribution is 0.101. The lowest BCUT2D eigenvalue weighted by atomic mass is 10.1. The van der Waals surface area contributed by atoms with E-state index in [1.54, 1.807) is 30.3 Å². The molecule has 5 nitrogen and oxygen atoms in total. The number of rotatable bonds is 3. The highest BCUT2D eigenvalue weighted by Gasteiger charge is 2.13. The summed E-state index contributed by atoms with van der Waals surface area (Å²) in [5.74, 6) is 1.01. The molecule has 0 fully saturated rings. The number of anilines is 1. The van der Waals surface area contributed by atoms with Gasteiger partial charge in [0, 0.05) is 5.69 Å². The van der Waals surface area contributed by atoms with E-state index in [0.29, 0.717) is 17.1 Å². The first-order valence-corrected chi connectivity index (χ1v) is 5.52. The van der Waals surface area contributed by atoms with Crippen molar-refractivity contribution in [1.29, 1.82) is 0 Å². The van der Waals surface area contributed by atoms with E-state index in [0.717, 1.165) is 11.3 Å². The number of Topliss-reactive ketones (excluding diaryl/α,β-unsaturated/α-hetero) is 1. The van der Waals surface area contributed by atoms with Gasteiger partial charge < -0.3 is 15.0 Å². The average molecular weight is 245 g/mol. The zero-order valence-electron chi connectivity index (χ0n) is 10.6. The molecule has 94 valence electrons. The smallest absolute Gasteiger partial charge is 0.163 e. The van der Waals surface area contributed by atoms with Crippen LogP contribution in [0.3, 0.4) is 0 Å². The molecule has 0 radical (unpaired) electrons. The van der Waals surface area contributed by atoms with Crippen molar-refractivity contribution in [1.82, 2.24) is 9.55 Å². The number of imidazole rings is 1. The van der Waals surface area contributed by atoms with E-state index in [2.05, 4.69) is 4.98 Å². The first-order valence-electron chi connectivity index (χ1n) is 5.52. The molecule has 0 aliphatic rings. The first kappa shape index (κ1) is 12.2. The second kappa shape index (κ2) is 4.52. The van der Waals surface area contributed by atoms with Crippen molar-refractivity contribution < 1.29 is 9.53 Å². The molecule has 0 atom stereocenters. The molecule has 1 aromatic carbocycles. The molecule has 2 aromatic rings.